The number of hydrogen-bond acceptors (Lipinski definition) is 4. The molecule has 0 spiro atoms. The van der Waals surface area contributed by atoms with Crippen molar-refractivity contribution in [1.29, 1.82) is 0 Å². The van der Waals surface area contributed by atoms with E-state index in [9.17, 15) is 0 Å². The lowest BCUT2D eigenvalue weighted by atomic mass is 9.82. The monoisotopic (exact) mass is 295 g/mol. The summed E-state index contributed by atoms with van der Waals surface area (Å²) >= 11 is 0. The van der Waals surface area contributed by atoms with Crippen LogP contribution in [0.15, 0.2) is 0 Å². The molecule has 0 bridgehead atoms. The van der Waals surface area contributed by atoms with Crippen LogP contribution >= 0.6 is 0 Å². The van der Waals surface area contributed by atoms with E-state index >= 15 is 0 Å². The van der Waals surface area contributed by atoms with Gasteiger partial charge < -0.3 is 10.5 Å². The van der Waals surface area contributed by atoms with E-state index in [1.165, 1.54) is 64.5 Å². The summed E-state index contributed by atoms with van der Waals surface area (Å²) in [7, 11) is 0. The molecule has 1 atom stereocenters. The van der Waals surface area contributed by atoms with Crippen LogP contribution in [-0.4, -0.2) is 67.3 Å². The maximum absolute atomic E-state index is 6.29. The molecule has 1 saturated carbocycles. The van der Waals surface area contributed by atoms with Gasteiger partial charge >= 0.3 is 0 Å². The van der Waals surface area contributed by atoms with Crippen molar-refractivity contribution in [3.05, 3.63) is 0 Å². The fourth-order valence-electron chi connectivity index (χ4n) is 4.63. The third-order valence-corrected chi connectivity index (χ3v) is 6.06. The molecule has 2 heterocycles. The molecule has 2 aliphatic heterocycles. The molecule has 2 N–H and O–H groups in total. The molecule has 1 aliphatic carbocycles. The Morgan fingerprint density at radius 1 is 0.952 bits per heavy atom. The van der Waals surface area contributed by atoms with Crippen LogP contribution in [-0.2, 0) is 4.74 Å². The molecule has 4 heteroatoms. The molecular weight excluding hydrogens is 262 g/mol. The number of morpholine rings is 1. The quantitative estimate of drug-likeness (QED) is 0.862. The highest BCUT2D eigenvalue weighted by atomic mass is 16.5. The van der Waals surface area contributed by atoms with Crippen LogP contribution in [0.3, 0.4) is 0 Å². The Morgan fingerprint density at radius 3 is 2.29 bits per heavy atom. The van der Waals surface area contributed by atoms with Crippen molar-refractivity contribution in [3.63, 3.8) is 0 Å². The first-order chi connectivity index (χ1) is 10.3. The van der Waals surface area contributed by atoms with Crippen molar-refractivity contribution >= 4 is 0 Å². The van der Waals surface area contributed by atoms with Crippen LogP contribution in [0.5, 0.6) is 0 Å². The van der Waals surface area contributed by atoms with Gasteiger partial charge in [-0.3, -0.25) is 9.80 Å². The highest BCUT2D eigenvalue weighted by Gasteiger charge is 2.40. The number of hydrogen-bond donors (Lipinski definition) is 1. The second kappa shape index (κ2) is 7.40. The smallest absolute Gasteiger partial charge is 0.0594 e. The molecular formula is C17H33N3O. The van der Waals surface area contributed by atoms with Gasteiger partial charge in [0.1, 0.15) is 0 Å². The highest BCUT2D eigenvalue weighted by molar-refractivity contribution is 4.98. The third-order valence-electron chi connectivity index (χ3n) is 6.06. The number of likely N-dealkylation sites (tertiary alicyclic amines) is 1. The van der Waals surface area contributed by atoms with E-state index in [2.05, 4.69) is 9.80 Å². The van der Waals surface area contributed by atoms with E-state index in [0.717, 1.165) is 38.9 Å². The molecule has 0 aromatic carbocycles. The largest absolute Gasteiger partial charge is 0.379 e. The van der Waals surface area contributed by atoms with E-state index in [-0.39, 0.29) is 0 Å². The summed E-state index contributed by atoms with van der Waals surface area (Å²) in [4.78, 5) is 5.41. The lowest BCUT2D eigenvalue weighted by molar-refractivity contribution is 0.0130. The normalized spacial score (nSPS) is 32.7. The number of rotatable bonds is 3. The zero-order valence-corrected chi connectivity index (χ0v) is 13.6. The van der Waals surface area contributed by atoms with Gasteiger partial charge in [0.2, 0.25) is 0 Å². The SMILES string of the molecule is NCC1(N2CCC(N3CCOCC3)C2)CCCCCCC1. The fraction of sp³-hybridized carbons (Fsp3) is 1.00. The van der Waals surface area contributed by atoms with Gasteiger partial charge in [0.15, 0.2) is 0 Å². The molecule has 4 nitrogen and oxygen atoms in total. The van der Waals surface area contributed by atoms with Crippen LogP contribution in [0.1, 0.15) is 51.4 Å². The van der Waals surface area contributed by atoms with Crippen molar-refractivity contribution < 1.29 is 4.74 Å². The average molecular weight is 295 g/mol. The predicted molar refractivity (Wildman–Crippen MR) is 86.5 cm³/mol. The first kappa shape index (κ1) is 15.7. The Labute approximate surface area is 130 Å². The summed E-state index contributed by atoms with van der Waals surface area (Å²) in [5, 5.41) is 0. The van der Waals surface area contributed by atoms with E-state index < -0.39 is 0 Å². The van der Waals surface area contributed by atoms with Crippen molar-refractivity contribution in [1.82, 2.24) is 9.80 Å². The first-order valence-electron chi connectivity index (χ1n) is 9.11. The molecule has 3 aliphatic rings. The Balaban J connectivity index is 1.61. The molecule has 1 unspecified atom stereocenters. The third kappa shape index (κ3) is 3.61. The topological polar surface area (TPSA) is 41.7 Å². The summed E-state index contributed by atoms with van der Waals surface area (Å²) in [5.74, 6) is 0. The van der Waals surface area contributed by atoms with Gasteiger partial charge in [-0.1, -0.05) is 32.1 Å². The molecule has 3 fully saturated rings. The summed E-state index contributed by atoms with van der Waals surface area (Å²) in [6.45, 7) is 7.40. The van der Waals surface area contributed by atoms with Crippen molar-refractivity contribution in [3.8, 4) is 0 Å². The maximum Gasteiger partial charge on any atom is 0.0594 e. The van der Waals surface area contributed by atoms with Crippen molar-refractivity contribution in [2.75, 3.05) is 45.9 Å². The number of nitrogens with zero attached hydrogens (tertiary/aromatic N) is 2. The molecule has 3 rings (SSSR count). The summed E-state index contributed by atoms with van der Waals surface area (Å²) in [6, 6.07) is 0.739. The van der Waals surface area contributed by atoms with E-state index in [4.69, 9.17) is 10.5 Å². The molecule has 21 heavy (non-hydrogen) atoms. The fourth-order valence-corrected chi connectivity index (χ4v) is 4.63. The zero-order chi connectivity index (χ0) is 14.5. The van der Waals surface area contributed by atoms with Crippen molar-refractivity contribution in [2.24, 2.45) is 5.73 Å². The van der Waals surface area contributed by atoms with Gasteiger partial charge in [-0.2, -0.15) is 0 Å². The predicted octanol–water partition coefficient (Wildman–Crippen LogP) is 1.83. The van der Waals surface area contributed by atoms with E-state index in [0.29, 0.717) is 5.54 Å². The molecule has 0 aromatic rings. The first-order valence-corrected chi connectivity index (χ1v) is 9.11. The van der Waals surface area contributed by atoms with Crippen LogP contribution in [0.25, 0.3) is 0 Å². The van der Waals surface area contributed by atoms with Gasteiger partial charge in [0, 0.05) is 44.3 Å². The second-order valence-corrected chi connectivity index (χ2v) is 7.23. The minimum Gasteiger partial charge on any atom is -0.379 e. The summed E-state index contributed by atoms with van der Waals surface area (Å²) in [5.41, 5.74) is 6.59. The van der Waals surface area contributed by atoms with Crippen LogP contribution in [0, 0.1) is 0 Å². The molecule has 0 amide bonds. The van der Waals surface area contributed by atoms with Gasteiger partial charge in [-0.15, -0.1) is 0 Å². The Bertz CT molecular complexity index is 309. The number of ether oxygens (including phenoxy) is 1. The second-order valence-electron chi connectivity index (χ2n) is 7.23. The van der Waals surface area contributed by atoms with E-state index in [1.54, 1.807) is 0 Å². The van der Waals surface area contributed by atoms with Gasteiger partial charge in [-0.05, 0) is 19.3 Å². The lowest BCUT2D eigenvalue weighted by Gasteiger charge is -2.43. The summed E-state index contributed by atoms with van der Waals surface area (Å²) in [6.07, 6.45) is 10.9. The molecule has 122 valence electrons. The van der Waals surface area contributed by atoms with Gasteiger partial charge in [-0.25, -0.2) is 0 Å². The Kier molecular flexibility index (Phi) is 5.54. The van der Waals surface area contributed by atoms with Crippen LogP contribution in [0.4, 0.5) is 0 Å². The average Bonchev–Trinajstić information content (AvgIpc) is 2.99. The maximum atomic E-state index is 6.29. The van der Waals surface area contributed by atoms with Crippen LogP contribution in [0.2, 0.25) is 0 Å². The minimum atomic E-state index is 0.307. The molecule has 0 radical (unpaired) electrons. The standard InChI is InChI=1S/C17H33N3O/c18-15-17(7-4-2-1-3-5-8-17)20-9-6-16(14-20)19-10-12-21-13-11-19/h16H,1-15,18H2. The molecule has 2 saturated heterocycles. The number of nitrogens with two attached hydrogens (primary N) is 1. The molecule has 0 aromatic heterocycles. The van der Waals surface area contributed by atoms with Crippen molar-refractivity contribution in [2.45, 2.75) is 62.9 Å². The Hall–Kier alpha value is -0.160. The van der Waals surface area contributed by atoms with E-state index in [1.807, 2.05) is 0 Å². The Morgan fingerprint density at radius 2 is 1.62 bits per heavy atom. The van der Waals surface area contributed by atoms with Gasteiger partial charge in [0.05, 0.1) is 13.2 Å². The highest BCUT2D eigenvalue weighted by Crippen LogP contribution is 2.34. The van der Waals surface area contributed by atoms with Gasteiger partial charge in [0.25, 0.3) is 0 Å². The summed E-state index contributed by atoms with van der Waals surface area (Å²) < 4.78 is 5.50. The minimum absolute atomic E-state index is 0.307. The zero-order valence-electron chi connectivity index (χ0n) is 13.6. The lowest BCUT2D eigenvalue weighted by Crippen LogP contribution is -2.54. The van der Waals surface area contributed by atoms with Crippen LogP contribution < -0.4 is 5.73 Å².